The molecule has 0 radical (unpaired) electrons. The zero-order valence-corrected chi connectivity index (χ0v) is 20.9. The largest absolute Gasteiger partial charge is 0.422 e. The van der Waals surface area contributed by atoms with Crippen molar-refractivity contribution in [2.45, 2.75) is 17.4 Å². The number of nitrogens with two attached hydrogens (primary N) is 1. The van der Waals surface area contributed by atoms with E-state index in [1.807, 2.05) is 12.1 Å². The molecule has 1 aromatic heterocycles. The summed E-state index contributed by atoms with van der Waals surface area (Å²) in [6.07, 6.45) is -0.0843. The van der Waals surface area contributed by atoms with Gasteiger partial charge in [0.1, 0.15) is 17.0 Å². The van der Waals surface area contributed by atoms with Gasteiger partial charge in [-0.1, -0.05) is 66.7 Å². The Morgan fingerprint density at radius 1 is 0.868 bits per heavy atom. The van der Waals surface area contributed by atoms with E-state index < -0.39 is 27.5 Å². The number of carbonyl (C=O) groups is 1. The van der Waals surface area contributed by atoms with Crippen LogP contribution in [0.1, 0.15) is 21.5 Å². The Labute approximate surface area is 218 Å². The van der Waals surface area contributed by atoms with E-state index in [2.05, 4.69) is 4.72 Å². The third kappa shape index (κ3) is 5.10. The van der Waals surface area contributed by atoms with Crippen molar-refractivity contribution >= 4 is 43.4 Å². The number of para-hydroxylation sites is 1. The smallest absolute Gasteiger partial charge is 0.347 e. The molecule has 0 aliphatic carbocycles. The third-order valence-electron chi connectivity index (χ3n) is 6.23. The van der Waals surface area contributed by atoms with Gasteiger partial charge in [0.2, 0.25) is 10.0 Å². The number of amidine groups is 1. The molecule has 0 saturated carbocycles. The standard InChI is InChI=1S/C29H23N3O5S/c30-28(31)22-10-5-6-18(14-22)15-25(27(33)24-17-21-9-3-4-11-26(21)37-29(24)34)32-38(35,36)23-13-12-19-7-1-2-8-20(19)16-23/h1-14,16-17,25,32H,15H2,(H3,30,31)/t25-/m0/s1. The number of carbonyl (C=O) groups excluding carboxylic acids is 1. The van der Waals surface area contributed by atoms with Crippen molar-refractivity contribution in [2.24, 2.45) is 5.73 Å². The summed E-state index contributed by atoms with van der Waals surface area (Å²) in [5, 5.41) is 9.83. The molecule has 190 valence electrons. The fourth-order valence-electron chi connectivity index (χ4n) is 4.30. The molecule has 9 heteroatoms. The lowest BCUT2D eigenvalue weighted by Crippen LogP contribution is -2.43. The van der Waals surface area contributed by atoms with Crippen LogP contribution in [0, 0.1) is 5.41 Å². The van der Waals surface area contributed by atoms with Crippen molar-refractivity contribution in [3.8, 4) is 0 Å². The fourth-order valence-corrected chi connectivity index (χ4v) is 5.53. The Balaban J connectivity index is 1.56. The van der Waals surface area contributed by atoms with E-state index in [4.69, 9.17) is 15.6 Å². The molecule has 0 aliphatic rings. The molecule has 5 rings (SSSR count). The summed E-state index contributed by atoms with van der Waals surface area (Å²) >= 11 is 0. The van der Waals surface area contributed by atoms with Gasteiger partial charge in [-0.15, -0.1) is 0 Å². The van der Waals surface area contributed by atoms with Gasteiger partial charge in [0.05, 0.1) is 10.9 Å². The van der Waals surface area contributed by atoms with E-state index in [1.165, 1.54) is 18.2 Å². The highest BCUT2D eigenvalue weighted by Gasteiger charge is 2.29. The Kier molecular flexibility index (Phi) is 6.62. The van der Waals surface area contributed by atoms with Gasteiger partial charge < -0.3 is 10.2 Å². The quantitative estimate of drug-likeness (QED) is 0.121. The molecule has 1 atom stereocenters. The van der Waals surface area contributed by atoms with Crippen molar-refractivity contribution in [1.29, 1.82) is 5.41 Å². The number of rotatable bonds is 8. The Bertz CT molecular complexity index is 1880. The van der Waals surface area contributed by atoms with Crippen molar-refractivity contribution in [2.75, 3.05) is 0 Å². The molecule has 0 amide bonds. The second-order valence-corrected chi connectivity index (χ2v) is 10.6. The molecule has 4 aromatic carbocycles. The van der Waals surface area contributed by atoms with E-state index in [0.29, 0.717) is 22.1 Å². The van der Waals surface area contributed by atoms with Crippen LogP contribution in [0.15, 0.2) is 111 Å². The van der Waals surface area contributed by atoms with Gasteiger partial charge >= 0.3 is 5.63 Å². The highest BCUT2D eigenvalue weighted by atomic mass is 32.2. The second-order valence-electron chi connectivity index (χ2n) is 8.85. The number of fused-ring (bicyclic) bond motifs is 2. The fraction of sp³-hybridized carbons (Fsp3) is 0.0690. The minimum Gasteiger partial charge on any atom is -0.422 e. The van der Waals surface area contributed by atoms with Crippen molar-refractivity contribution < 1.29 is 17.6 Å². The average molecular weight is 526 g/mol. The Morgan fingerprint density at radius 2 is 1.58 bits per heavy atom. The summed E-state index contributed by atoms with van der Waals surface area (Å²) in [4.78, 5) is 26.4. The minimum atomic E-state index is -4.18. The van der Waals surface area contributed by atoms with E-state index in [0.717, 1.165) is 10.8 Å². The van der Waals surface area contributed by atoms with E-state index in [9.17, 15) is 18.0 Å². The molecule has 8 nitrogen and oxygen atoms in total. The number of hydrogen-bond donors (Lipinski definition) is 3. The van der Waals surface area contributed by atoms with Gasteiger partial charge in [-0.05, 0) is 53.1 Å². The highest BCUT2D eigenvalue weighted by Crippen LogP contribution is 2.21. The van der Waals surface area contributed by atoms with E-state index in [-0.39, 0.29) is 22.7 Å². The van der Waals surface area contributed by atoms with Crippen LogP contribution in [-0.4, -0.2) is 26.1 Å². The van der Waals surface area contributed by atoms with Crippen LogP contribution in [0.3, 0.4) is 0 Å². The number of hydrogen-bond acceptors (Lipinski definition) is 6. The number of Topliss-reactive ketones (excluding diaryl/α,β-unsaturated/α-hetero) is 1. The molecule has 0 bridgehead atoms. The zero-order valence-electron chi connectivity index (χ0n) is 20.0. The van der Waals surface area contributed by atoms with Crippen LogP contribution < -0.4 is 16.1 Å². The van der Waals surface area contributed by atoms with Gasteiger partial charge in [-0.3, -0.25) is 10.2 Å². The number of sulfonamides is 1. The lowest BCUT2D eigenvalue weighted by Gasteiger charge is -2.18. The Hall–Kier alpha value is -4.60. The normalized spacial score (nSPS) is 12.4. The molecule has 38 heavy (non-hydrogen) atoms. The van der Waals surface area contributed by atoms with Gasteiger partial charge in [-0.2, -0.15) is 4.72 Å². The van der Waals surface area contributed by atoms with Crippen molar-refractivity contribution in [3.63, 3.8) is 0 Å². The maximum absolute atomic E-state index is 13.7. The summed E-state index contributed by atoms with van der Waals surface area (Å²) in [5.74, 6) is -0.899. The van der Waals surface area contributed by atoms with Crippen LogP contribution in [0.4, 0.5) is 0 Å². The number of benzene rings is 4. The topological polar surface area (TPSA) is 143 Å². The summed E-state index contributed by atoms with van der Waals surface area (Å²) in [7, 11) is -4.18. The van der Waals surface area contributed by atoms with Gasteiger partial charge in [0, 0.05) is 10.9 Å². The average Bonchev–Trinajstić information content (AvgIpc) is 2.91. The molecule has 0 spiro atoms. The first-order valence-corrected chi connectivity index (χ1v) is 13.2. The number of nitrogens with one attached hydrogen (secondary N) is 2. The van der Waals surface area contributed by atoms with Gasteiger partial charge in [-0.25, -0.2) is 13.2 Å². The van der Waals surface area contributed by atoms with E-state index >= 15 is 0 Å². The lowest BCUT2D eigenvalue weighted by atomic mass is 9.97. The molecule has 4 N–H and O–H groups in total. The van der Waals surface area contributed by atoms with Crippen LogP contribution in [-0.2, 0) is 16.4 Å². The first-order valence-electron chi connectivity index (χ1n) is 11.7. The summed E-state index contributed by atoms with van der Waals surface area (Å²) in [6.45, 7) is 0. The SMILES string of the molecule is N=C(N)c1cccc(C[C@H](NS(=O)(=O)c2ccc3ccccc3c2)C(=O)c2cc3ccccc3oc2=O)c1. The molecule has 1 heterocycles. The summed E-state index contributed by atoms with van der Waals surface area (Å²) < 4.78 is 34.8. The van der Waals surface area contributed by atoms with Gasteiger partial charge in [0.25, 0.3) is 0 Å². The Morgan fingerprint density at radius 3 is 2.34 bits per heavy atom. The summed E-state index contributed by atoms with van der Waals surface area (Å²) in [6, 6.07) is 25.4. The van der Waals surface area contributed by atoms with Crippen LogP contribution >= 0.6 is 0 Å². The van der Waals surface area contributed by atoms with E-state index in [1.54, 1.807) is 66.7 Å². The first-order chi connectivity index (χ1) is 18.2. The predicted octanol–water partition coefficient (Wildman–Crippen LogP) is 4.00. The number of ketones is 1. The molecular formula is C29H23N3O5S. The number of nitrogen functional groups attached to an aromatic ring is 1. The van der Waals surface area contributed by atoms with Crippen LogP contribution in [0.2, 0.25) is 0 Å². The minimum absolute atomic E-state index is 0.0166. The lowest BCUT2D eigenvalue weighted by molar-refractivity contribution is 0.0949. The monoisotopic (exact) mass is 525 g/mol. The molecule has 0 unspecified atom stereocenters. The van der Waals surface area contributed by atoms with Crippen LogP contribution in [0.5, 0.6) is 0 Å². The maximum Gasteiger partial charge on any atom is 0.347 e. The predicted molar refractivity (Wildman–Crippen MR) is 146 cm³/mol. The molecule has 5 aromatic rings. The summed E-state index contributed by atoms with van der Waals surface area (Å²) in [5.41, 5.74) is 5.79. The van der Waals surface area contributed by atoms with Crippen molar-refractivity contribution in [1.82, 2.24) is 4.72 Å². The molecule has 0 saturated heterocycles. The zero-order chi connectivity index (χ0) is 26.9. The van der Waals surface area contributed by atoms with Crippen LogP contribution in [0.25, 0.3) is 21.7 Å². The first kappa shape index (κ1) is 25.1. The molecule has 0 fully saturated rings. The van der Waals surface area contributed by atoms with Crippen molar-refractivity contribution in [3.05, 3.63) is 124 Å². The third-order valence-corrected chi connectivity index (χ3v) is 7.70. The second kappa shape index (κ2) is 10.0. The maximum atomic E-state index is 13.7. The van der Waals surface area contributed by atoms with Gasteiger partial charge in [0.15, 0.2) is 5.78 Å². The highest BCUT2D eigenvalue weighted by molar-refractivity contribution is 7.89. The molecular weight excluding hydrogens is 502 g/mol. The molecule has 0 aliphatic heterocycles.